The van der Waals surface area contributed by atoms with Gasteiger partial charge in [0.05, 0.1) is 0 Å². The van der Waals surface area contributed by atoms with Crippen LogP contribution in [-0.4, -0.2) is 43.3 Å². The topological polar surface area (TPSA) is 122 Å². The van der Waals surface area contributed by atoms with Gasteiger partial charge in [-0.25, -0.2) is 9.93 Å². The maximum atomic E-state index is 11.6. The number of urea groups is 1. The second-order valence-electron chi connectivity index (χ2n) is 3.97. The van der Waals surface area contributed by atoms with Gasteiger partial charge in [0.15, 0.2) is 0 Å². The van der Waals surface area contributed by atoms with E-state index in [9.17, 15) is 18.0 Å². The second-order valence-corrected chi connectivity index (χ2v) is 5.52. The van der Waals surface area contributed by atoms with Gasteiger partial charge >= 0.3 is 6.03 Å². The van der Waals surface area contributed by atoms with Crippen LogP contribution in [0.5, 0.6) is 0 Å². The van der Waals surface area contributed by atoms with Crippen LogP contribution in [-0.2, 0) is 15.0 Å². The third-order valence-corrected chi connectivity index (χ3v) is 3.86. The van der Waals surface area contributed by atoms with Gasteiger partial charge in [0, 0.05) is 13.1 Å². The lowest BCUT2D eigenvalue weighted by Crippen LogP contribution is -2.60. The number of imide groups is 1. The average molecular weight is 248 g/mol. The first kappa shape index (κ1) is 11.3. The Morgan fingerprint density at radius 1 is 1.38 bits per heavy atom. The van der Waals surface area contributed by atoms with Gasteiger partial charge in [-0.1, -0.05) is 0 Å². The van der Waals surface area contributed by atoms with Gasteiger partial charge in [0.2, 0.25) is 0 Å². The third-order valence-electron chi connectivity index (χ3n) is 2.83. The highest BCUT2D eigenvalue weighted by Crippen LogP contribution is 2.25. The van der Waals surface area contributed by atoms with Gasteiger partial charge in [0.25, 0.3) is 16.1 Å². The molecule has 1 atom stereocenters. The van der Waals surface area contributed by atoms with E-state index in [0.717, 1.165) is 4.31 Å². The number of nitrogens with zero attached hydrogens (tertiary/aromatic N) is 1. The molecule has 2 rings (SSSR count). The fourth-order valence-electron chi connectivity index (χ4n) is 2.05. The molecule has 8 nitrogen and oxygen atoms in total. The van der Waals surface area contributed by atoms with E-state index in [1.807, 2.05) is 0 Å². The van der Waals surface area contributed by atoms with Crippen molar-refractivity contribution in [3.8, 4) is 0 Å². The zero-order valence-corrected chi connectivity index (χ0v) is 9.21. The number of hydrogen-bond acceptors (Lipinski definition) is 4. The van der Waals surface area contributed by atoms with Crippen LogP contribution < -0.4 is 15.8 Å². The minimum atomic E-state index is -3.83. The van der Waals surface area contributed by atoms with Gasteiger partial charge in [-0.3, -0.25) is 10.1 Å². The van der Waals surface area contributed by atoms with Crippen LogP contribution in [0.3, 0.4) is 0 Å². The summed E-state index contributed by atoms with van der Waals surface area (Å²) in [6.07, 6.45) is 0.890. The van der Waals surface area contributed by atoms with Crippen molar-refractivity contribution in [2.24, 2.45) is 5.14 Å². The normalized spacial score (nSPS) is 31.6. The fourth-order valence-corrected chi connectivity index (χ4v) is 2.83. The molecule has 0 aliphatic carbocycles. The van der Waals surface area contributed by atoms with Crippen molar-refractivity contribution in [1.82, 2.24) is 14.9 Å². The molecule has 2 fully saturated rings. The molecule has 1 spiro atoms. The summed E-state index contributed by atoms with van der Waals surface area (Å²) >= 11 is 0. The number of carbonyl (C=O) groups is 2. The monoisotopic (exact) mass is 248 g/mol. The number of carbonyl (C=O) groups excluding carboxylic acids is 2. The van der Waals surface area contributed by atoms with Gasteiger partial charge in [-0.05, 0) is 12.8 Å². The molecule has 0 aromatic heterocycles. The molecule has 3 amide bonds. The molecule has 0 radical (unpaired) electrons. The summed E-state index contributed by atoms with van der Waals surface area (Å²) in [5.41, 5.74) is -1.15. The number of rotatable bonds is 1. The van der Waals surface area contributed by atoms with Gasteiger partial charge in [0.1, 0.15) is 5.54 Å². The van der Waals surface area contributed by atoms with Crippen LogP contribution in [0.15, 0.2) is 0 Å². The highest BCUT2D eigenvalue weighted by molar-refractivity contribution is 7.86. The van der Waals surface area contributed by atoms with Gasteiger partial charge in [-0.2, -0.15) is 12.7 Å². The molecular formula is C7H12N4O4S. The molecule has 4 N–H and O–H groups in total. The molecule has 9 heteroatoms. The lowest BCUT2D eigenvalue weighted by atomic mass is 9.90. The predicted molar refractivity (Wildman–Crippen MR) is 53.3 cm³/mol. The van der Waals surface area contributed by atoms with Crippen LogP contribution in [0.4, 0.5) is 4.79 Å². The third kappa shape index (κ3) is 1.77. The Morgan fingerprint density at radius 2 is 2.06 bits per heavy atom. The van der Waals surface area contributed by atoms with E-state index in [-0.39, 0.29) is 13.1 Å². The number of nitrogens with two attached hydrogens (primary N) is 1. The molecule has 16 heavy (non-hydrogen) atoms. The van der Waals surface area contributed by atoms with E-state index in [1.165, 1.54) is 0 Å². The molecule has 0 bridgehead atoms. The molecule has 90 valence electrons. The standard InChI is InChI=1S/C7H12N4O4S/c8-16(14,15)11-3-1-2-7(4-11)5(12)9-6(13)10-7/h1-4H2,(H2,8,14,15)(H2,9,10,12,13). The van der Waals surface area contributed by atoms with Crippen LogP contribution in [0.2, 0.25) is 0 Å². The predicted octanol–water partition coefficient (Wildman–Crippen LogP) is -2.14. The zero-order chi connectivity index (χ0) is 12.0. The highest BCUT2D eigenvalue weighted by atomic mass is 32.2. The number of nitrogens with one attached hydrogen (secondary N) is 2. The van der Waals surface area contributed by atoms with Gasteiger partial charge in [-0.15, -0.1) is 0 Å². The lowest BCUT2D eigenvalue weighted by Gasteiger charge is -2.36. The van der Waals surface area contributed by atoms with Crippen LogP contribution in [0.25, 0.3) is 0 Å². The molecule has 0 aromatic rings. The van der Waals surface area contributed by atoms with Crippen molar-refractivity contribution < 1.29 is 18.0 Å². The molecule has 0 aromatic carbocycles. The summed E-state index contributed by atoms with van der Waals surface area (Å²) < 4.78 is 23.3. The Bertz CT molecular complexity index is 447. The summed E-state index contributed by atoms with van der Waals surface area (Å²) in [7, 11) is -3.83. The molecule has 2 heterocycles. The summed E-state index contributed by atoms with van der Waals surface area (Å²) in [4.78, 5) is 22.6. The number of hydrogen-bond donors (Lipinski definition) is 3. The molecular weight excluding hydrogens is 236 g/mol. The van der Waals surface area contributed by atoms with Crippen molar-refractivity contribution in [3.05, 3.63) is 0 Å². The van der Waals surface area contributed by atoms with Crippen molar-refractivity contribution >= 4 is 22.1 Å². The first-order valence-electron chi connectivity index (χ1n) is 4.75. The van der Waals surface area contributed by atoms with E-state index < -0.39 is 27.7 Å². The van der Waals surface area contributed by atoms with E-state index >= 15 is 0 Å². The Kier molecular flexibility index (Phi) is 2.40. The van der Waals surface area contributed by atoms with E-state index in [2.05, 4.69) is 10.6 Å². The minimum Gasteiger partial charge on any atom is -0.322 e. The zero-order valence-electron chi connectivity index (χ0n) is 8.39. The average Bonchev–Trinajstić information content (AvgIpc) is 2.40. The smallest absolute Gasteiger partial charge is 0.322 e. The van der Waals surface area contributed by atoms with Crippen molar-refractivity contribution in [1.29, 1.82) is 0 Å². The first-order valence-corrected chi connectivity index (χ1v) is 6.25. The molecule has 2 saturated heterocycles. The highest BCUT2D eigenvalue weighted by Gasteiger charge is 2.50. The summed E-state index contributed by atoms with van der Waals surface area (Å²) in [6.45, 7) is 0.160. The summed E-state index contributed by atoms with van der Waals surface area (Å²) in [6, 6.07) is -0.596. The minimum absolute atomic E-state index is 0.108. The Labute approximate surface area is 92.3 Å². The van der Waals surface area contributed by atoms with Crippen molar-refractivity contribution in [3.63, 3.8) is 0 Å². The van der Waals surface area contributed by atoms with E-state index in [1.54, 1.807) is 0 Å². The Hall–Kier alpha value is -1.19. The van der Waals surface area contributed by atoms with Crippen molar-refractivity contribution in [2.75, 3.05) is 13.1 Å². The van der Waals surface area contributed by atoms with E-state index in [0.29, 0.717) is 12.8 Å². The molecule has 2 aliphatic rings. The van der Waals surface area contributed by atoms with E-state index in [4.69, 9.17) is 5.14 Å². The molecule has 0 saturated carbocycles. The first-order chi connectivity index (χ1) is 7.33. The maximum Gasteiger partial charge on any atom is 0.322 e. The summed E-state index contributed by atoms with van der Waals surface area (Å²) in [5.74, 6) is -0.495. The Morgan fingerprint density at radius 3 is 2.56 bits per heavy atom. The quantitative estimate of drug-likeness (QED) is 0.458. The summed E-state index contributed by atoms with van der Waals surface area (Å²) in [5, 5.41) is 9.55. The number of amides is 3. The number of piperidine rings is 1. The van der Waals surface area contributed by atoms with Crippen molar-refractivity contribution in [2.45, 2.75) is 18.4 Å². The van der Waals surface area contributed by atoms with Crippen LogP contribution in [0, 0.1) is 0 Å². The lowest BCUT2D eigenvalue weighted by molar-refractivity contribution is -0.125. The largest absolute Gasteiger partial charge is 0.322 e. The maximum absolute atomic E-state index is 11.6. The fraction of sp³-hybridized carbons (Fsp3) is 0.714. The molecule has 1 unspecified atom stereocenters. The van der Waals surface area contributed by atoms with Gasteiger partial charge < -0.3 is 5.32 Å². The van der Waals surface area contributed by atoms with Crippen LogP contribution >= 0.6 is 0 Å². The van der Waals surface area contributed by atoms with Crippen LogP contribution in [0.1, 0.15) is 12.8 Å². The SMILES string of the molecule is NS(=O)(=O)N1CCCC2(C1)NC(=O)NC2=O. The second kappa shape index (κ2) is 3.40. The molecule has 2 aliphatic heterocycles. The Balaban J connectivity index is 2.25.